The van der Waals surface area contributed by atoms with Crippen LogP contribution in [-0.2, 0) is 21.2 Å². The average Bonchev–Trinajstić information content (AvgIpc) is 2.66. The minimum Gasteiger partial charge on any atom is -0.493 e. The van der Waals surface area contributed by atoms with Crippen LogP contribution in [0.4, 0.5) is 5.69 Å². The van der Waals surface area contributed by atoms with Crippen LogP contribution in [0.25, 0.3) is 0 Å². The summed E-state index contributed by atoms with van der Waals surface area (Å²) in [7, 11) is -0.930. The number of carbonyl (C=O) groups excluding carboxylic acids is 1. The van der Waals surface area contributed by atoms with E-state index in [2.05, 4.69) is 4.72 Å². The molecule has 2 rings (SSSR count). The number of carbonyl (C=O) groups is 1. The Bertz CT molecular complexity index is 868. The van der Waals surface area contributed by atoms with Crippen LogP contribution in [-0.4, -0.2) is 33.8 Å². The van der Waals surface area contributed by atoms with Gasteiger partial charge in [0.15, 0.2) is 11.5 Å². The number of hydrogen-bond donors (Lipinski definition) is 3. The monoisotopic (exact) mass is 380 g/mol. The normalized spacial score (nSPS) is 10.9. The molecular formula is C17H20N2O6S. The molecule has 0 aliphatic heterocycles. The molecule has 0 heterocycles. The number of hydroxylamine groups is 1. The predicted octanol–water partition coefficient (Wildman–Crippen LogP) is 1.94. The van der Waals surface area contributed by atoms with E-state index < -0.39 is 15.9 Å². The van der Waals surface area contributed by atoms with Gasteiger partial charge < -0.3 is 9.47 Å². The Balaban J connectivity index is 2.42. The SMILES string of the molecule is COc1cc(CCC(=O)NO)c(NS(=O)(=O)c2ccccc2)cc1OC. The van der Waals surface area contributed by atoms with Gasteiger partial charge in [0, 0.05) is 12.5 Å². The second-order valence-corrected chi connectivity index (χ2v) is 7.00. The van der Waals surface area contributed by atoms with E-state index in [4.69, 9.17) is 14.7 Å². The largest absolute Gasteiger partial charge is 0.493 e. The molecular weight excluding hydrogens is 360 g/mol. The Morgan fingerprint density at radius 2 is 1.69 bits per heavy atom. The van der Waals surface area contributed by atoms with E-state index in [1.165, 1.54) is 32.4 Å². The highest BCUT2D eigenvalue weighted by atomic mass is 32.2. The van der Waals surface area contributed by atoms with Crippen LogP contribution in [0, 0.1) is 0 Å². The highest BCUT2D eigenvalue weighted by Gasteiger charge is 2.19. The Labute approximate surface area is 151 Å². The Hall–Kier alpha value is -2.78. The van der Waals surface area contributed by atoms with Gasteiger partial charge in [0.05, 0.1) is 24.8 Å². The van der Waals surface area contributed by atoms with Crippen molar-refractivity contribution >= 4 is 21.6 Å². The van der Waals surface area contributed by atoms with Gasteiger partial charge in [-0.1, -0.05) is 18.2 Å². The molecule has 0 bridgehead atoms. The topological polar surface area (TPSA) is 114 Å². The first-order valence-corrected chi connectivity index (χ1v) is 9.15. The summed E-state index contributed by atoms with van der Waals surface area (Å²) in [5, 5.41) is 8.64. The molecule has 0 atom stereocenters. The van der Waals surface area contributed by atoms with E-state index in [-0.39, 0.29) is 23.4 Å². The lowest BCUT2D eigenvalue weighted by Gasteiger charge is -2.16. The van der Waals surface area contributed by atoms with Crippen molar-refractivity contribution < 1.29 is 27.9 Å². The summed E-state index contributed by atoms with van der Waals surface area (Å²) < 4.78 is 38.2. The van der Waals surface area contributed by atoms with Gasteiger partial charge in [-0.05, 0) is 30.2 Å². The fraction of sp³-hybridized carbons (Fsp3) is 0.235. The number of anilines is 1. The van der Waals surface area contributed by atoms with Crippen molar-refractivity contribution in [1.29, 1.82) is 0 Å². The molecule has 0 saturated carbocycles. The average molecular weight is 380 g/mol. The van der Waals surface area contributed by atoms with Crippen molar-refractivity contribution in [3.8, 4) is 11.5 Å². The molecule has 8 nitrogen and oxygen atoms in total. The van der Waals surface area contributed by atoms with E-state index in [9.17, 15) is 13.2 Å². The standard InChI is InChI=1S/C17H20N2O6S/c1-24-15-10-12(8-9-17(20)18-21)14(11-16(15)25-2)19-26(22,23)13-6-4-3-5-7-13/h3-7,10-11,19,21H,8-9H2,1-2H3,(H,18,20). The molecule has 1 amide bonds. The Morgan fingerprint density at radius 3 is 2.27 bits per heavy atom. The summed E-state index contributed by atoms with van der Waals surface area (Å²) in [6, 6.07) is 11.0. The van der Waals surface area contributed by atoms with Crippen molar-refractivity contribution in [2.24, 2.45) is 0 Å². The van der Waals surface area contributed by atoms with Crippen molar-refractivity contribution in [2.45, 2.75) is 17.7 Å². The van der Waals surface area contributed by atoms with Crippen LogP contribution in [0.15, 0.2) is 47.4 Å². The minimum absolute atomic E-state index is 0.0357. The second-order valence-electron chi connectivity index (χ2n) is 5.32. The summed E-state index contributed by atoms with van der Waals surface area (Å²) in [5.74, 6) is 0.153. The molecule has 0 saturated heterocycles. The smallest absolute Gasteiger partial charge is 0.261 e. The number of sulfonamides is 1. The maximum absolute atomic E-state index is 12.6. The molecule has 9 heteroatoms. The van der Waals surface area contributed by atoms with E-state index in [0.717, 1.165) is 0 Å². The summed E-state index contributed by atoms with van der Waals surface area (Å²) in [6.45, 7) is 0. The fourth-order valence-corrected chi connectivity index (χ4v) is 3.44. The van der Waals surface area contributed by atoms with Crippen molar-refractivity contribution in [3.63, 3.8) is 0 Å². The van der Waals surface area contributed by atoms with Crippen molar-refractivity contribution in [2.75, 3.05) is 18.9 Å². The van der Waals surface area contributed by atoms with E-state index in [1.54, 1.807) is 29.7 Å². The lowest BCUT2D eigenvalue weighted by molar-refractivity contribution is -0.129. The summed E-state index contributed by atoms with van der Waals surface area (Å²) >= 11 is 0. The molecule has 140 valence electrons. The number of amides is 1. The summed E-state index contributed by atoms with van der Waals surface area (Å²) in [4.78, 5) is 11.4. The van der Waals surface area contributed by atoms with Crippen LogP contribution in [0.5, 0.6) is 11.5 Å². The molecule has 0 fully saturated rings. The third-order valence-corrected chi connectivity index (χ3v) is 5.03. The van der Waals surface area contributed by atoms with Crippen molar-refractivity contribution in [1.82, 2.24) is 5.48 Å². The summed E-state index contributed by atoms with van der Waals surface area (Å²) in [5.41, 5.74) is 2.33. The van der Waals surface area contributed by atoms with E-state index in [1.807, 2.05) is 0 Å². The number of rotatable bonds is 8. The maximum atomic E-state index is 12.6. The lowest BCUT2D eigenvalue weighted by Crippen LogP contribution is -2.19. The predicted molar refractivity (Wildman–Crippen MR) is 95.0 cm³/mol. The zero-order chi connectivity index (χ0) is 19.2. The Kier molecular flexibility index (Phi) is 6.42. The van der Waals surface area contributed by atoms with Crippen LogP contribution < -0.4 is 19.7 Å². The van der Waals surface area contributed by atoms with Gasteiger partial charge >= 0.3 is 0 Å². The molecule has 0 aromatic heterocycles. The van der Waals surface area contributed by atoms with Crippen LogP contribution >= 0.6 is 0 Å². The number of aryl methyl sites for hydroxylation is 1. The molecule has 26 heavy (non-hydrogen) atoms. The molecule has 2 aromatic rings. The van der Waals surface area contributed by atoms with Gasteiger partial charge in [-0.15, -0.1) is 0 Å². The second kappa shape index (κ2) is 8.54. The molecule has 0 spiro atoms. The molecule has 2 aromatic carbocycles. The van der Waals surface area contributed by atoms with Gasteiger partial charge in [-0.3, -0.25) is 14.7 Å². The highest BCUT2D eigenvalue weighted by Crippen LogP contribution is 2.35. The molecule has 3 N–H and O–H groups in total. The van der Waals surface area contributed by atoms with Crippen molar-refractivity contribution in [3.05, 3.63) is 48.0 Å². The van der Waals surface area contributed by atoms with Gasteiger partial charge in [0.25, 0.3) is 10.0 Å². The minimum atomic E-state index is -3.82. The van der Waals surface area contributed by atoms with Gasteiger partial charge in [-0.2, -0.15) is 0 Å². The lowest BCUT2D eigenvalue weighted by atomic mass is 10.1. The zero-order valence-corrected chi connectivity index (χ0v) is 15.2. The maximum Gasteiger partial charge on any atom is 0.261 e. The van der Waals surface area contributed by atoms with Crippen LogP contribution in [0.1, 0.15) is 12.0 Å². The molecule has 0 unspecified atom stereocenters. The first-order chi connectivity index (χ1) is 12.4. The molecule has 0 aliphatic rings. The highest BCUT2D eigenvalue weighted by molar-refractivity contribution is 7.92. The third-order valence-electron chi connectivity index (χ3n) is 3.65. The quantitative estimate of drug-likeness (QED) is 0.476. The number of ether oxygens (including phenoxy) is 2. The fourth-order valence-electron chi connectivity index (χ4n) is 2.33. The van der Waals surface area contributed by atoms with Gasteiger partial charge in [0.1, 0.15) is 0 Å². The van der Waals surface area contributed by atoms with Gasteiger partial charge in [0.2, 0.25) is 5.91 Å². The first-order valence-electron chi connectivity index (χ1n) is 7.67. The Morgan fingerprint density at radius 1 is 1.08 bits per heavy atom. The van der Waals surface area contributed by atoms with Crippen LogP contribution in [0.3, 0.4) is 0 Å². The van der Waals surface area contributed by atoms with Gasteiger partial charge in [-0.25, -0.2) is 13.9 Å². The molecule has 0 aliphatic carbocycles. The number of nitrogens with one attached hydrogen (secondary N) is 2. The summed E-state index contributed by atoms with van der Waals surface area (Å²) in [6.07, 6.45) is 0.144. The third kappa shape index (κ3) is 4.64. The number of methoxy groups -OCH3 is 2. The van der Waals surface area contributed by atoms with E-state index in [0.29, 0.717) is 17.1 Å². The number of hydrogen-bond acceptors (Lipinski definition) is 6. The molecule has 0 radical (unpaired) electrons. The van der Waals surface area contributed by atoms with E-state index >= 15 is 0 Å². The number of benzene rings is 2. The van der Waals surface area contributed by atoms with Crippen LogP contribution in [0.2, 0.25) is 0 Å². The first kappa shape index (κ1) is 19.5. The zero-order valence-electron chi connectivity index (χ0n) is 14.4.